The number of halogens is 2. The molecule has 0 aromatic heterocycles. The molecule has 0 saturated carbocycles. The Kier molecular flexibility index (Phi) is 7.14. The van der Waals surface area contributed by atoms with Gasteiger partial charge in [0, 0.05) is 41.8 Å². The van der Waals surface area contributed by atoms with Crippen molar-refractivity contribution in [3.63, 3.8) is 0 Å². The van der Waals surface area contributed by atoms with Crippen molar-refractivity contribution in [3.05, 3.63) is 52.8 Å². The van der Waals surface area contributed by atoms with Crippen LogP contribution in [0.2, 0.25) is 5.02 Å². The summed E-state index contributed by atoms with van der Waals surface area (Å²) in [5.41, 5.74) is 1.48. The van der Waals surface area contributed by atoms with Gasteiger partial charge in [-0.25, -0.2) is 12.8 Å². The van der Waals surface area contributed by atoms with Crippen LogP contribution in [0.1, 0.15) is 19.4 Å². The fourth-order valence-electron chi connectivity index (χ4n) is 3.22. The van der Waals surface area contributed by atoms with Crippen molar-refractivity contribution in [2.45, 2.75) is 30.6 Å². The van der Waals surface area contributed by atoms with E-state index in [-0.39, 0.29) is 10.7 Å². The lowest BCUT2D eigenvalue weighted by Crippen LogP contribution is -2.48. The molecule has 1 aliphatic rings. The molecule has 0 radical (unpaired) electrons. The van der Waals surface area contributed by atoms with Gasteiger partial charge >= 0.3 is 0 Å². The van der Waals surface area contributed by atoms with Gasteiger partial charge in [0.1, 0.15) is 5.82 Å². The summed E-state index contributed by atoms with van der Waals surface area (Å²) in [5.74, 6) is 1.26. The van der Waals surface area contributed by atoms with Crippen LogP contribution in [0.4, 0.5) is 10.1 Å². The van der Waals surface area contributed by atoms with Crippen LogP contribution in [0.5, 0.6) is 0 Å². The minimum absolute atomic E-state index is 0.226. The lowest BCUT2D eigenvalue weighted by Gasteiger charge is -2.35. The number of anilines is 1. The zero-order valence-electron chi connectivity index (χ0n) is 16.9. The molecular formula is C21H26ClFN2O2S2. The van der Waals surface area contributed by atoms with E-state index in [1.807, 2.05) is 17.9 Å². The van der Waals surface area contributed by atoms with Gasteiger partial charge in [-0.1, -0.05) is 25.4 Å². The zero-order chi connectivity index (χ0) is 21.2. The van der Waals surface area contributed by atoms with E-state index in [1.54, 1.807) is 30.0 Å². The number of rotatable bonds is 6. The first kappa shape index (κ1) is 22.4. The Labute approximate surface area is 182 Å². The third kappa shape index (κ3) is 5.26. The number of sulfonamides is 1. The van der Waals surface area contributed by atoms with Crippen molar-refractivity contribution in [1.82, 2.24) is 4.31 Å². The largest absolute Gasteiger partial charge is 0.366 e. The van der Waals surface area contributed by atoms with Gasteiger partial charge in [0.25, 0.3) is 0 Å². The maximum atomic E-state index is 14.7. The second-order valence-corrected chi connectivity index (χ2v) is 11.1. The fraction of sp³-hybridized carbons (Fsp3) is 0.429. The molecule has 0 spiro atoms. The third-order valence-electron chi connectivity index (χ3n) is 4.85. The average Bonchev–Trinajstić information content (AvgIpc) is 2.67. The van der Waals surface area contributed by atoms with Crippen molar-refractivity contribution < 1.29 is 12.8 Å². The summed E-state index contributed by atoms with van der Waals surface area (Å²) in [5, 5.41) is 0.495. The number of nitrogens with zero attached hydrogens (tertiary/aromatic N) is 2. The summed E-state index contributed by atoms with van der Waals surface area (Å²) in [4.78, 5) is 3.23. The molecule has 29 heavy (non-hydrogen) atoms. The summed E-state index contributed by atoms with van der Waals surface area (Å²) in [6, 6.07) is 9.66. The molecule has 0 bridgehead atoms. The normalized spacial score (nSPS) is 15.9. The van der Waals surface area contributed by atoms with Crippen molar-refractivity contribution in [2.24, 2.45) is 5.92 Å². The topological polar surface area (TPSA) is 40.6 Å². The molecule has 3 rings (SSSR count). The molecule has 1 heterocycles. The third-order valence-corrected chi connectivity index (χ3v) is 8.60. The molecule has 1 fully saturated rings. The fourth-order valence-corrected chi connectivity index (χ4v) is 5.76. The van der Waals surface area contributed by atoms with Gasteiger partial charge in [0.05, 0.1) is 10.6 Å². The molecule has 0 aliphatic carbocycles. The SMILES string of the molecule is Cc1cc(F)c(N2CCN(S(=O)(=O)c3ccc(Cl)cc3)CC2)cc1SCC(C)C. The highest BCUT2D eigenvalue weighted by Gasteiger charge is 2.29. The highest BCUT2D eigenvalue weighted by Crippen LogP contribution is 2.32. The molecule has 0 atom stereocenters. The smallest absolute Gasteiger partial charge is 0.243 e. The number of benzene rings is 2. The van der Waals surface area contributed by atoms with Crippen LogP contribution >= 0.6 is 23.4 Å². The average molecular weight is 457 g/mol. The van der Waals surface area contributed by atoms with E-state index in [0.717, 1.165) is 16.2 Å². The Hall–Kier alpha value is -1.28. The molecule has 1 aliphatic heterocycles. The Morgan fingerprint density at radius 2 is 1.72 bits per heavy atom. The second kappa shape index (κ2) is 9.25. The van der Waals surface area contributed by atoms with Gasteiger partial charge in [0.2, 0.25) is 10.0 Å². The van der Waals surface area contributed by atoms with E-state index in [2.05, 4.69) is 13.8 Å². The van der Waals surface area contributed by atoms with Crippen LogP contribution < -0.4 is 4.90 Å². The first-order valence-electron chi connectivity index (χ1n) is 9.62. The number of aryl methyl sites for hydroxylation is 1. The molecule has 2 aromatic carbocycles. The summed E-state index contributed by atoms with van der Waals surface area (Å²) in [6.45, 7) is 7.76. The van der Waals surface area contributed by atoms with Crippen molar-refractivity contribution >= 4 is 39.1 Å². The highest BCUT2D eigenvalue weighted by atomic mass is 35.5. The Bertz CT molecular complexity index is 957. The molecule has 2 aromatic rings. The Balaban J connectivity index is 1.73. The van der Waals surface area contributed by atoms with Gasteiger partial charge in [-0.05, 0) is 54.8 Å². The Morgan fingerprint density at radius 1 is 1.10 bits per heavy atom. The zero-order valence-corrected chi connectivity index (χ0v) is 19.2. The van der Waals surface area contributed by atoms with Crippen molar-refractivity contribution in [1.29, 1.82) is 0 Å². The summed E-state index contributed by atoms with van der Waals surface area (Å²) in [6.07, 6.45) is 0. The lowest BCUT2D eigenvalue weighted by atomic mass is 10.2. The van der Waals surface area contributed by atoms with E-state index in [1.165, 1.54) is 16.4 Å². The van der Waals surface area contributed by atoms with E-state index in [0.29, 0.717) is 42.8 Å². The van der Waals surface area contributed by atoms with Crippen molar-refractivity contribution in [3.8, 4) is 0 Å². The maximum Gasteiger partial charge on any atom is 0.243 e. The van der Waals surface area contributed by atoms with Crippen LogP contribution in [-0.4, -0.2) is 44.7 Å². The van der Waals surface area contributed by atoms with Gasteiger partial charge in [-0.15, -0.1) is 11.8 Å². The highest BCUT2D eigenvalue weighted by molar-refractivity contribution is 7.99. The molecule has 0 amide bonds. The molecule has 0 unspecified atom stereocenters. The van der Waals surface area contributed by atoms with Crippen LogP contribution in [0.3, 0.4) is 0 Å². The lowest BCUT2D eigenvalue weighted by molar-refractivity contribution is 0.383. The molecule has 0 N–H and O–H groups in total. The number of hydrogen-bond acceptors (Lipinski definition) is 4. The Morgan fingerprint density at radius 3 is 2.31 bits per heavy atom. The number of thioether (sulfide) groups is 1. The quantitative estimate of drug-likeness (QED) is 0.570. The molecule has 158 valence electrons. The second-order valence-electron chi connectivity index (χ2n) is 7.62. The van der Waals surface area contributed by atoms with Crippen molar-refractivity contribution in [2.75, 3.05) is 36.8 Å². The predicted octanol–water partition coefficient (Wildman–Crippen LogP) is 5.05. The summed E-state index contributed by atoms with van der Waals surface area (Å²) < 4.78 is 41.8. The number of piperazine rings is 1. The minimum atomic E-state index is -3.58. The summed E-state index contributed by atoms with van der Waals surface area (Å²) in [7, 11) is -3.58. The minimum Gasteiger partial charge on any atom is -0.366 e. The molecule has 8 heteroatoms. The number of hydrogen-bond donors (Lipinski definition) is 0. The van der Waals surface area contributed by atoms with Gasteiger partial charge in [-0.3, -0.25) is 0 Å². The first-order chi connectivity index (χ1) is 13.7. The van der Waals surface area contributed by atoms with Crippen LogP contribution in [0.25, 0.3) is 0 Å². The first-order valence-corrected chi connectivity index (χ1v) is 12.4. The monoisotopic (exact) mass is 456 g/mol. The van der Waals surface area contributed by atoms with E-state index < -0.39 is 10.0 Å². The van der Waals surface area contributed by atoms with E-state index >= 15 is 0 Å². The molecular weight excluding hydrogens is 431 g/mol. The van der Waals surface area contributed by atoms with Gasteiger partial charge in [-0.2, -0.15) is 4.31 Å². The van der Waals surface area contributed by atoms with E-state index in [9.17, 15) is 12.8 Å². The molecule has 4 nitrogen and oxygen atoms in total. The maximum absolute atomic E-state index is 14.7. The summed E-state index contributed by atoms with van der Waals surface area (Å²) >= 11 is 7.60. The van der Waals surface area contributed by atoms with Crippen LogP contribution in [-0.2, 0) is 10.0 Å². The van der Waals surface area contributed by atoms with Crippen LogP contribution in [0.15, 0.2) is 46.2 Å². The van der Waals surface area contributed by atoms with Gasteiger partial charge in [0.15, 0.2) is 0 Å². The predicted molar refractivity (Wildman–Crippen MR) is 119 cm³/mol. The van der Waals surface area contributed by atoms with E-state index in [4.69, 9.17) is 11.6 Å². The van der Waals surface area contributed by atoms with Gasteiger partial charge < -0.3 is 4.90 Å². The van der Waals surface area contributed by atoms with Crippen LogP contribution in [0, 0.1) is 18.7 Å². The standard InChI is InChI=1S/C21H26ClFN2O2S2/c1-15(2)14-28-21-13-20(19(23)12-16(21)3)24-8-10-25(11-9-24)29(26,27)18-6-4-17(22)5-7-18/h4-7,12-13,15H,8-11,14H2,1-3H3. The molecule has 1 saturated heterocycles.